The predicted octanol–water partition coefficient (Wildman–Crippen LogP) is 2.55. The van der Waals surface area contributed by atoms with Crippen molar-refractivity contribution >= 4 is 11.9 Å². The number of aromatic nitrogens is 1. The third kappa shape index (κ3) is 3.52. The molecule has 0 bridgehead atoms. The molecule has 0 N–H and O–H groups in total. The fourth-order valence-electron chi connectivity index (χ4n) is 1.91. The maximum absolute atomic E-state index is 12.0. The van der Waals surface area contributed by atoms with Crippen LogP contribution in [0, 0.1) is 0 Å². The number of ether oxygens (including phenoxy) is 2. The van der Waals surface area contributed by atoms with Crippen molar-refractivity contribution in [1.29, 1.82) is 0 Å². The van der Waals surface area contributed by atoms with Crippen molar-refractivity contribution in [3.8, 4) is 11.3 Å². The van der Waals surface area contributed by atoms with E-state index in [1.165, 1.54) is 6.26 Å². The van der Waals surface area contributed by atoms with Gasteiger partial charge in [0.1, 0.15) is 12.0 Å². The van der Waals surface area contributed by atoms with Crippen molar-refractivity contribution in [2.24, 2.45) is 0 Å². The van der Waals surface area contributed by atoms with Gasteiger partial charge < -0.3 is 13.9 Å². The fourth-order valence-corrected chi connectivity index (χ4v) is 1.91. The fraction of sp³-hybridized carbons (Fsp3) is 0.312. The molecule has 1 aromatic carbocycles. The summed E-state index contributed by atoms with van der Waals surface area (Å²) in [5.41, 5.74) is 1.36. The van der Waals surface area contributed by atoms with Crippen molar-refractivity contribution < 1.29 is 23.5 Å². The predicted molar refractivity (Wildman–Crippen MR) is 77.9 cm³/mol. The van der Waals surface area contributed by atoms with Crippen molar-refractivity contribution in [2.45, 2.75) is 19.8 Å². The summed E-state index contributed by atoms with van der Waals surface area (Å²) >= 11 is 0. The Morgan fingerprint density at radius 2 is 1.68 bits per heavy atom. The van der Waals surface area contributed by atoms with Crippen LogP contribution in [-0.4, -0.2) is 30.1 Å². The van der Waals surface area contributed by atoms with Gasteiger partial charge in [0, 0.05) is 5.56 Å². The van der Waals surface area contributed by atoms with Crippen molar-refractivity contribution in [3.05, 3.63) is 42.5 Å². The first-order valence-corrected chi connectivity index (χ1v) is 7.01. The van der Waals surface area contributed by atoms with Gasteiger partial charge in [-0.05, 0) is 13.8 Å². The first-order chi connectivity index (χ1) is 10.7. The molecule has 0 aliphatic heterocycles. The quantitative estimate of drug-likeness (QED) is 0.603. The van der Waals surface area contributed by atoms with E-state index >= 15 is 0 Å². The van der Waals surface area contributed by atoms with Crippen LogP contribution in [0.15, 0.2) is 41.0 Å². The first kappa shape index (κ1) is 15.8. The van der Waals surface area contributed by atoms with Gasteiger partial charge in [0.15, 0.2) is 0 Å². The van der Waals surface area contributed by atoms with Crippen LogP contribution in [0.25, 0.3) is 11.3 Å². The van der Waals surface area contributed by atoms with Gasteiger partial charge in [0.05, 0.1) is 13.2 Å². The van der Waals surface area contributed by atoms with E-state index in [4.69, 9.17) is 13.9 Å². The summed E-state index contributed by atoms with van der Waals surface area (Å²) in [4.78, 5) is 28.2. The topological polar surface area (TPSA) is 78.6 Å². The molecule has 0 fully saturated rings. The Balaban J connectivity index is 2.30. The molecular formula is C16H17NO5. The number of carbonyl (C=O) groups excluding carboxylic acids is 2. The molecule has 6 nitrogen and oxygen atoms in total. The highest BCUT2D eigenvalue weighted by Gasteiger charge is 2.36. The van der Waals surface area contributed by atoms with Crippen LogP contribution in [-0.2, 0) is 19.1 Å². The summed E-state index contributed by atoms with van der Waals surface area (Å²) in [5, 5.41) is 0. The second-order valence-corrected chi connectivity index (χ2v) is 4.37. The SMILES string of the molecule is CCOC(=O)C(C(=O)OCC)c1nc(-c2ccccc2)co1. The summed E-state index contributed by atoms with van der Waals surface area (Å²) in [6.45, 7) is 3.62. The van der Waals surface area contributed by atoms with Gasteiger partial charge >= 0.3 is 11.9 Å². The van der Waals surface area contributed by atoms with E-state index in [1.54, 1.807) is 13.8 Å². The summed E-state index contributed by atoms with van der Waals surface area (Å²) in [7, 11) is 0. The van der Waals surface area contributed by atoms with E-state index in [0.29, 0.717) is 5.69 Å². The summed E-state index contributed by atoms with van der Waals surface area (Å²) < 4.78 is 15.1. The maximum atomic E-state index is 12.0. The third-order valence-corrected chi connectivity index (χ3v) is 2.88. The number of hydrogen-bond donors (Lipinski definition) is 0. The number of benzene rings is 1. The maximum Gasteiger partial charge on any atom is 0.330 e. The van der Waals surface area contributed by atoms with Gasteiger partial charge in [0.25, 0.3) is 0 Å². The smallest absolute Gasteiger partial charge is 0.330 e. The molecule has 1 aromatic heterocycles. The summed E-state index contributed by atoms with van der Waals surface area (Å²) in [5.74, 6) is -2.81. The van der Waals surface area contributed by atoms with Gasteiger partial charge in [0.2, 0.25) is 11.8 Å². The largest absolute Gasteiger partial charge is 0.465 e. The molecular weight excluding hydrogens is 286 g/mol. The molecule has 0 saturated heterocycles. The van der Waals surface area contributed by atoms with Crippen LogP contribution < -0.4 is 0 Å². The molecule has 0 unspecified atom stereocenters. The lowest BCUT2D eigenvalue weighted by atomic mass is 10.1. The normalized spacial score (nSPS) is 10.5. The molecule has 6 heteroatoms. The molecule has 0 spiro atoms. The zero-order valence-electron chi connectivity index (χ0n) is 12.4. The van der Waals surface area contributed by atoms with Crippen LogP contribution in [0.3, 0.4) is 0 Å². The van der Waals surface area contributed by atoms with Crippen LogP contribution in [0.4, 0.5) is 0 Å². The monoisotopic (exact) mass is 303 g/mol. The lowest BCUT2D eigenvalue weighted by Gasteiger charge is -2.10. The van der Waals surface area contributed by atoms with Crippen molar-refractivity contribution in [3.63, 3.8) is 0 Å². The van der Waals surface area contributed by atoms with Gasteiger partial charge in [-0.25, -0.2) is 4.98 Å². The van der Waals surface area contributed by atoms with E-state index < -0.39 is 17.9 Å². The highest BCUT2D eigenvalue weighted by atomic mass is 16.6. The standard InChI is InChI=1S/C16H17NO5/c1-3-20-15(18)13(16(19)21-4-2)14-17-12(10-22-14)11-8-6-5-7-9-11/h5-10,13H,3-4H2,1-2H3. The second-order valence-electron chi connectivity index (χ2n) is 4.37. The Kier molecular flexibility index (Phi) is 5.30. The summed E-state index contributed by atoms with van der Waals surface area (Å²) in [6.07, 6.45) is 1.40. The Labute approximate surface area is 128 Å². The minimum Gasteiger partial charge on any atom is -0.465 e. The van der Waals surface area contributed by atoms with E-state index in [1.807, 2.05) is 30.3 Å². The van der Waals surface area contributed by atoms with E-state index in [0.717, 1.165) is 5.56 Å². The zero-order valence-corrected chi connectivity index (χ0v) is 12.4. The van der Waals surface area contributed by atoms with Crippen LogP contribution in [0.1, 0.15) is 25.7 Å². The average Bonchev–Trinajstić information content (AvgIpc) is 2.98. The highest BCUT2D eigenvalue weighted by Crippen LogP contribution is 2.24. The molecule has 116 valence electrons. The lowest BCUT2D eigenvalue weighted by Crippen LogP contribution is -2.26. The number of nitrogens with zero attached hydrogens (tertiary/aromatic N) is 1. The van der Waals surface area contributed by atoms with Crippen LogP contribution in [0.5, 0.6) is 0 Å². The molecule has 0 atom stereocenters. The third-order valence-electron chi connectivity index (χ3n) is 2.88. The Hall–Kier alpha value is -2.63. The molecule has 2 rings (SSSR count). The molecule has 2 aromatic rings. The highest BCUT2D eigenvalue weighted by molar-refractivity contribution is 5.99. The second kappa shape index (κ2) is 7.40. The minimum absolute atomic E-state index is 0.0317. The van der Waals surface area contributed by atoms with Crippen molar-refractivity contribution in [2.75, 3.05) is 13.2 Å². The molecule has 22 heavy (non-hydrogen) atoms. The summed E-state index contributed by atoms with van der Waals surface area (Å²) in [6, 6.07) is 9.30. The van der Waals surface area contributed by atoms with Crippen LogP contribution in [0.2, 0.25) is 0 Å². The van der Waals surface area contributed by atoms with Gasteiger partial charge in [-0.2, -0.15) is 0 Å². The Morgan fingerprint density at radius 1 is 1.09 bits per heavy atom. The molecule has 1 heterocycles. The number of esters is 2. The number of oxazole rings is 1. The molecule has 0 aliphatic rings. The molecule has 0 radical (unpaired) electrons. The molecule has 0 amide bonds. The average molecular weight is 303 g/mol. The van der Waals surface area contributed by atoms with Gasteiger partial charge in [-0.1, -0.05) is 30.3 Å². The van der Waals surface area contributed by atoms with Crippen LogP contribution >= 0.6 is 0 Å². The number of hydrogen-bond acceptors (Lipinski definition) is 6. The first-order valence-electron chi connectivity index (χ1n) is 7.01. The van der Waals surface area contributed by atoms with Crippen molar-refractivity contribution in [1.82, 2.24) is 4.98 Å². The Bertz CT molecular complexity index is 617. The lowest BCUT2D eigenvalue weighted by molar-refractivity contribution is -0.157. The van der Waals surface area contributed by atoms with Gasteiger partial charge in [-0.3, -0.25) is 9.59 Å². The molecule has 0 saturated carbocycles. The number of rotatable bonds is 6. The zero-order chi connectivity index (χ0) is 15.9. The van der Waals surface area contributed by atoms with Gasteiger partial charge in [-0.15, -0.1) is 0 Å². The minimum atomic E-state index is -1.31. The van der Waals surface area contributed by atoms with E-state index in [-0.39, 0.29) is 19.1 Å². The van der Waals surface area contributed by atoms with E-state index in [2.05, 4.69) is 4.98 Å². The molecule has 0 aliphatic carbocycles. The Morgan fingerprint density at radius 3 is 2.23 bits per heavy atom. The van der Waals surface area contributed by atoms with E-state index in [9.17, 15) is 9.59 Å². The number of carbonyl (C=O) groups is 2.